The van der Waals surface area contributed by atoms with Crippen LogP contribution < -0.4 is 11.1 Å². The molecule has 1 fully saturated rings. The van der Waals surface area contributed by atoms with Crippen molar-refractivity contribution in [2.24, 2.45) is 22.2 Å². The predicted molar refractivity (Wildman–Crippen MR) is 84.7 cm³/mol. The summed E-state index contributed by atoms with van der Waals surface area (Å²) in [5.74, 6) is 0.115. The van der Waals surface area contributed by atoms with E-state index in [4.69, 9.17) is 10.9 Å². The second-order valence-electron chi connectivity index (χ2n) is 5.16. The molecule has 0 radical (unpaired) electrons. The van der Waals surface area contributed by atoms with Gasteiger partial charge in [-0.25, -0.2) is 0 Å². The molecule has 7 heteroatoms. The van der Waals surface area contributed by atoms with Gasteiger partial charge in [0.25, 0.3) is 0 Å². The molecule has 0 heterocycles. The topological polar surface area (TPSA) is 87.7 Å². The van der Waals surface area contributed by atoms with Crippen molar-refractivity contribution < 1.29 is 10.0 Å². The number of nitrogens with one attached hydrogen (secondary N) is 1. The third-order valence-electron chi connectivity index (χ3n) is 3.61. The van der Waals surface area contributed by atoms with E-state index in [1.54, 1.807) is 6.07 Å². The first-order valence-electron chi connectivity index (χ1n) is 6.13. The number of carbonyl (C=O) groups is 1. The van der Waals surface area contributed by atoms with E-state index in [2.05, 4.69) is 42.3 Å². The first-order valence-corrected chi connectivity index (χ1v) is 7.72. The molecule has 1 amide bonds. The summed E-state index contributed by atoms with van der Waals surface area (Å²) < 4.78 is 1.67. The number of carbonyl (C=O) groups excluding carboxylic acids is 1. The van der Waals surface area contributed by atoms with Crippen LogP contribution in [-0.2, 0) is 4.79 Å². The molecule has 4 N–H and O–H groups in total. The fourth-order valence-electron chi connectivity index (χ4n) is 2.57. The van der Waals surface area contributed by atoms with Crippen molar-refractivity contribution in [1.29, 1.82) is 0 Å². The second kappa shape index (κ2) is 5.73. The third kappa shape index (κ3) is 2.69. The Morgan fingerprint density at radius 2 is 2.15 bits per heavy atom. The van der Waals surface area contributed by atoms with Gasteiger partial charge >= 0.3 is 0 Å². The molecule has 20 heavy (non-hydrogen) atoms. The van der Waals surface area contributed by atoms with Gasteiger partial charge in [-0.15, -0.1) is 0 Å². The number of rotatable bonds is 3. The van der Waals surface area contributed by atoms with Crippen molar-refractivity contribution in [3.63, 3.8) is 0 Å². The van der Waals surface area contributed by atoms with E-state index in [9.17, 15) is 4.79 Å². The lowest BCUT2D eigenvalue weighted by Gasteiger charge is -2.43. The van der Waals surface area contributed by atoms with Gasteiger partial charge in [-0.05, 0) is 52.9 Å². The van der Waals surface area contributed by atoms with Gasteiger partial charge in [0.2, 0.25) is 5.91 Å². The molecular weight excluding hydrogens is 390 g/mol. The van der Waals surface area contributed by atoms with Crippen molar-refractivity contribution in [3.8, 4) is 0 Å². The maximum Gasteiger partial charge on any atom is 0.238 e. The largest absolute Gasteiger partial charge is 0.409 e. The number of benzene rings is 1. The Labute approximate surface area is 133 Å². The lowest BCUT2D eigenvalue weighted by Crippen LogP contribution is -2.54. The molecule has 0 spiro atoms. The van der Waals surface area contributed by atoms with Crippen LogP contribution in [0.4, 0.5) is 5.69 Å². The second-order valence-corrected chi connectivity index (χ2v) is 6.93. The van der Waals surface area contributed by atoms with Gasteiger partial charge in [-0.2, -0.15) is 0 Å². The Morgan fingerprint density at radius 1 is 1.50 bits per heavy atom. The average molecular weight is 405 g/mol. The maximum atomic E-state index is 12.5. The molecule has 108 valence electrons. The molecule has 0 saturated heterocycles. The molecule has 0 atom stereocenters. The Hall–Kier alpha value is -1.08. The standard InChI is InChI=1S/C13H15Br2N3O2/c1-7-5-13(6-7,11(16)18-20)12(19)17-10-3-2-8(14)4-9(10)15/h2-4,7,20H,5-6H2,1H3,(H2,16,18)(H,17,19). The number of oxime groups is 1. The van der Waals surface area contributed by atoms with E-state index in [0.717, 1.165) is 8.95 Å². The Morgan fingerprint density at radius 3 is 2.65 bits per heavy atom. The van der Waals surface area contributed by atoms with E-state index in [1.165, 1.54) is 0 Å². The summed E-state index contributed by atoms with van der Waals surface area (Å²) in [6.07, 6.45) is 1.17. The number of hydrogen-bond donors (Lipinski definition) is 3. The molecule has 1 aliphatic rings. The van der Waals surface area contributed by atoms with Gasteiger partial charge in [0.15, 0.2) is 5.84 Å². The zero-order valence-corrected chi connectivity index (χ0v) is 14.0. The van der Waals surface area contributed by atoms with E-state index < -0.39 is 5.41 Å². The van der Waals surface area contributed by atoms with Crippen LogP contribution in [-0.4, -0.2) is 17.0 Å². The van der Waals surface area contributed by atoms with E-state index in [1.807, 2.05) is 19.1 Å². The van der Waals surface area contributed by atoms with Crippen LogP contribution in [0.3, 0.4) is 0 Å². The average Bonchev–Trinajstić information content (AvgIpc) is 2.37. The highest BCUT2D eigenvalue weighted by atomic mass is 79.9. The number of amides is 1. The van der Waals surface area contributed by atoms with Crippen molar-refractivity contribution >= 4 is 49.3 Å². The van der Waals surface area contributed by atoms with Crippen LogP contribution in [0.1, 0.15) is 19.8 Å². The highest BCUT2D eigenvalue weighted by Crippen LogP contribution is 2.46. The Balaban J connectivity index is 2.22. The summed E-state index contributed by atoms with van der Waals surface area (Å²) in [5.41, 5.74) is 5.47. The van der Waals surface area contributed by atoms with Crippen molar-refractivity contribution in [2.45, 2.75) is 19.8 Å². The molecule has 1 aromatic carbocycles. The molecule has 0 aromatic heterocycles. The van der Waals surface area contributed by atoms with Crippen LogP contribution in [0.2, 0.25) is 0 Å². The molecule has 1 aromatic rings. The Kier molecular flexibility index (Phi) is 4.39. The highest BCUT2D eigenvalue weighted by Gasteiger charge is 2.52. The summed E-state index contributed by atoms with van der Waals surface area (Å²) in [5, 5.41) is 14.8. The number of halogens is 2. The number of anilines is 1. The maximum absolute atomic E-state index is 12.5. The highest BCUT2D eigenvalue weighted by molar-refractivity contribution is 9.11. The zero-order chi connectivity index (χ0) is 14.9. The minimum atomic E-state index is -0.902. The molecule has 2 rings (SSSR count). The smallest absolute Gasteiger partial charge is 0.238 e. The van der Waals surface area contributed by atoms with Crippen molar-refractivity contribution in [2.75, 3.05) is 5.32 Å². The fraction of sp³-hybridized carbons (Fsp3) is 0.385. The van der Waals surface area contributed by atoms with E-state index >= 15 is 0 Å². The summed E-state index contributed by atoms with van der Waals surface area (Å²) >= 11 is 6.75. The van der Waals surface area contributed by atoms with Crippen molar-refractivity contribution in [1.82, 2.24) is 0 Å². The van der Waals surface area contributed by atoms with Gasteiger partial charge in [0.1, 0.15) is 5.41 Å². The summed E-state index contributed by atoms with van der Waals surface area (Å²) in [6.45, 7) is 2.03. The number of nitrogens with two attached hydrogens (primary N) is 1. The van der Waals surface area contributed by atoms with E-state index in [-0.39, 0.29) is 11.7 Å². The third-order valence-corrected chi connectivity index (χ3v) is 4.76. The summed E-state index contributed by atoms with van der Waals surface area (Å²) in [7, 11) is 0. The molecule has 5 nitrogen and oxygen atoms in total. The first kappa shape index (κ1) is 15.3. The number of nitrogens with zero attached hydrogens (tertiary/aromatic N) is 1. The molecule has 0 aliphatic heterocycles. The van der Waals surface area contributed by atoms with Crippen LogP contribution in [0.15, 0.2) is 32.3 Å². The van der Waals surface area contributed by atoms with Crippen molar-refractivity contribution in [3.05, 3.63) is 27.1 Å². The Bertz CT molecular complexity index is 569. The molecule has 0 unspecified atom stereocenters. The van der Waals surface area contributed by atoms with Crippen LogP contribution >= 0.6 is 31.9 Å². The normalized spacial score (nSPS) is 25.9. The van der Waals surface area contributed by atoms with E-state index in [0.29, 0.717) is 24.4 Å². The molecule has 1 saturated carbocycles. The van der Waals surface area contributed by atoms with Crippen LogP contribution in [0.25, 0.3) is 0 Å². The van der Waals surface area contributed by atoms with Crippen LogP contribution in [0, 0.1) is 11.3 Å². The molecule has 1 aliphatic carbocycles. The molecular formula is C13H15Br2N3O2. The SMILES string of the molecule is CC1CC(C(=O)Nc2ccc(Br)cc2Br)(/C(N)=N/O)C1. The number of amidine groups is 1. The van der Waals surface area contributed by atoms with Gasteiger partial charge in [0, 0.05) is 8.95 Å². The first-order chi connectivity index (χ1) is 9.39. The lowest BCUT2D eigenvalue weighted by molar-refractivity contribution is -0.127. The van der Waals surface area contributed by atoms with Crippen LogP contribution in [0.5, 0.6) is 0 Å². The zero-order valence-electron chi connectivity index (χ0n) is 10.9. The lowest BCUT2D eigenvalue weighted by atomic mass is 9.61. The fourth-order valence-corrected chi connectivity index (χ4v) is 3.72. The van der Waals surface area contributed by atoms with Gasteiger partial charge in [-0.3, -0.25) is 4.79 Å². The summed E-state index contributed by atoms with van der Waals surface area (Å²) in [4.78, 5) is 12.5. The minimum absolute atomic E-state index is 0.0265. The number of hydrogen-bond acceptors (Lipinski definition) is 3. The van der Waals surface area contributed by atoms with Gasteiger partial charge in [-0.1, -0.05) is 28.0 Å². The summed E-state index contributed by atoms with van der Waals surface area (Å²) in [6, 6.07) is 5.46. The molecule has 0 bridgehead atoms. The van der Waals surface area contributed by atoms with Gasteiger partial charge < -0.3 is 16.3 Å². The minimum Gasteiger partial charge on any atom is -0.409 e. The monoisotopic (exact) mass is 403 g/mol. The predicted octanol–water partition coefficient (Wildman–Crippen LogP) is 3.31. The quantitative estimate of drug-likeness (QED) is 0.312. The van der Waals surface area contributed by atoms with Gasteiger partial charge in [0.05, 0.1) is 5.69 Å².